The normalized spacial score (nSPS) is 14.4. The molecule has 0 bridgehead atoms. The molecule has 0 spiro atoms. The maximum atomic E-state index is 12.8. The monoisotopic (exact) mass is 384 g/mol. The lowest BCUT2D eigenvalue weighted by Gasteiger charge is -2.34. The lowest BCUT2D eigenvalue weighted by molar-refractivity contribution is -0.148. The number of rotatable bonds is 11. The maximum Gasteiger partial charge on any atom is 0.260 e. The first kappa shape index (κ1) is 25.0. The van der Waals surface area contributed by atoms with Crippen LogP contribution in [0.25, 0.3) is 0 Å². The molecule has 0 saturated heterocycles. The largest absolute Gasteiger partial charge is 0.345 e. The lowest BCUT2D eigenvalue weighted by atomic mass is 10.00. The van der Waals surface area contributed by atoms with Crippen molar-refractivity contribution in [1.82, 2.24) is 15.1 Å². The van der Waals surface area contributed by atoms with Crippen molar-refractivity contribution in [3.8, 4) is 0 Å². The van der Waals surface area contributed by atoms with E-state index in [1.807, 2.05) is 34.6 Å². The van der Waals surface area contributed by atoms with E-state index in [4.69, 9.17) is 5.73 Å². The second kappa shape index (κ2) is 11.7. The molecule has 0 aromatic heterocycles. The number of nitrogens with one attached hydrogen (secondary N) is 1. The molecule has 3 amide bonds. The third kappa shape index (κ3) is 7.66. The number of carbonyl (C=O) groups excluding carboxylic acids is 4. The SMILES string of the molecule is CCCC(=O)N(C)[C@H](N)C(=O)N(C)[C@@H](CC(C)C)C(=O)NC(C=O)C(C)C. The van der Waals surface area contributed by atoms with Gasteiger partial charge < -0.3 is 25.6 Å². The molecule has 0 fully saturated rings. The molecule has 8 nitrogen and oxygen atoms in total. The van der Waals surface area contributed by atoms with Crippen molar-refractivity contribution < 1.29 is 19.2 Å². The van der Waals surface area contributed by atoms with Crippen molar-refractivity contribution in [1.29, 1.82) is 0 Å². The molecule has 0 aliphatic carbocycles. The van der Waals surface area contributed by atoms with Crippen LogP contribution in [0, 0.1) is 11.8 Å². The van der Waals surface area contributed by atoms with E-state index in [1.54, 1.807) is 0 Å². The van der Waals surface area contributed by atoms with Gasteiger partial charge >= 0.3 is 0 Å². The molecule has 0 rings (SSSR count). The number of amides is 3. The van der Waals surface area contributed by atoms with E-state index in [0.29, 0.717) is 25.5 Å². The van der Waals surface area contributed by atoms with Gasteiger partial charge in [0.2, 0.25) is 11.8 Å². The van der Waals surface area contributed by atoms with Crippen molar-refractivity contribution in [2.45, 2.75) is 72.1 Å². The second-order valence-corrected chi connectivity index (χ2v) is 7.71. The first-order chi connectivity index (χ1) is 12.5. The predicted molar refractivity (Wildman–Crippen MR) is 104 cm³/mol. The Morgan fingerprint density at radius 3 is 2.04 bits per heavy atom. The summed E-state index contributed by atoms with van der Waals surface area (Å²) in [6, 6.07) is -1.41. The van der Waals surface area contributed by atoms with Crippen molar-refractivity contribution in [2.75, 3.05) is 14.1 Å². The molecule has 0 heterocycles. The average Bonchev–Trinajstić information content (AvgIpc) is 2.61. The fourth-order valence-corrected chi connectivity index (χ4v) is 2.58. The van der Waals surface area contributed by atoms with Crippen LogP contribution in [-0.4, -0.2) is 66.2 Å². The van der Waals surface area contributed by atoms with Gasteiger partial charge in [-0.15, -0.1) is 0 Å². The van der Waals surface area contributed by atoms with E-state index >= 15 is 0 Å². The smallest absolute Gasteiger partial charge is 0.260 e. The first-order valence-electron chi connectivity index (χ1n) is 9.51. The van der Waals surface area contributed by atoms with E-state index in [-0.39, 0.29) is 17.7 Å². The standard InChI is InChI=1S/C19H36N4O4/c1-8-9-16(25)23(7)17(20)19(27)22(6)15(10-12(2)3)18(26)21-14(11-24)13(4)5/h11-15,17H,8-10,20H2,1-7H3,(H,21,26)/t14?,15-,17-/m0/s1. The fourth-order valence-electron chi connectivity index (χ4n) is 2.58. The van der Waals surface area contributed by atoms with Crippen LogP contribution in [0.4, 0.5) is 0 Å². The van der Waals surface area contributed by atoms with Crippen LogP contribution in [0.3, 0.4) is 0 Å². The molecular weight excluding hydrogens is 348 g/mol. The average molecular weight is 385 g/mol. The Balaban J connectivity index is 5.37. The van der Waals surface area contributed by atoms with Crippen molar-refractivity contribution in [3.63, 3.8) is 0 Å². The Kier molecular flexibility index (Phi) is 10.8. The summed E-state index contributed by atoms with van der Waals surface area (Å²) in [5, 5.41) is 2.70. The van der Waals surface area contributed by atoms with Gasteiger partial charge in [0, 0.05) is 20.5 Å². The Morgan fingerprint density at radius 2 is 1.63 bits per heavy atom. The highest BCUT2D eigenvalue weighted by Crippen LogP contribution is 2.14. The molecular formula is C19H36N4O4. The van der Waals surface area contributed by atoms with Gasteiger partial charge in [-0.05, 0) is 24.7 Å². The van der Waals surface area contributed by atoms with Crippen LogP contribution >= 0.6 is 0 Å². The molecule has 3 atom stereocenters. The Bertz CT molecular complexity index is 522. The lowest BCUT2D eigenvalue weighted by Crippen LogP contribution is -2.59. The summed E-state index contributed by atoms with van der Waals surface area (Å²) in [4.78, 5) is 51.2. The number of nitrogens with two attached hydrogens (primary N) is 1. The molecule has 27 heavy (non-hydrogen) atoms. The van der Waals surface area contributed by atoms with Crippen LogP contribution in [0.15, 0.2) is 0 Å². The third-order valence-electron chi connectivity index (χ3n) is 4.51. The molecule has 3 N–H and O–H groups in total. The highest BCUT2D eigenvalue weighted by molar-refractivity contribution is 5.92. The minimum atomic E-state index is -1.16. The summed E-state index contributed by atoms with van der Waals surface area (Å²) in [5.74, 6) is -1.07. The number of likely N-dealkylation sites (N-methyl/N-ethyl adjacent to an activating group) is 2. The minimum Gasteiger partial charge on any atom is -0.345 e. The molecule has 1 unspecified atom stereocenters. The molecule has 0 saturated carbocycles. The van der Waals surface area contributed by atoms with Gasteiger partial charge in [0.1, 0.15) is 12.3 Å². The maximum absolute atomic E-state index is 12.8. The van der Waals surface area contributed by atoms with E-state index in [1.165, 1.54) is 23.9 Å². The number of hydrogen-bond acceptors (Lipinski definition) is 5. The molecule has 156 valence electrons. The summed E-state index contributed by atoms with van der Waals surface area (Å²) in [6.07, 6.45) is 0.896. The summed E-state index contributed by atoms with van der Waals surface area (Å²) in [6.45, 7) is 9.41. The molecule has 0 aromatic rings. The van der Waals surface area contributed by atoms with Gasteiger partial charge in [-0.3, -0.25) is 14.4 Å². The Hall–Kier alpha value is -1.96. The zero-order chi connectivity index (χ0) is 21.3. The Morgan fingerprint density at radius 1 is 1.07 bits per heavy atom. The van der Waals surface area contributed by atoms with E-state index in [0.717, 1.165) is 0 Å². The topological polar surface area (TPSA) is 113 Å². The Labute approximate surface area is 162 Å². The number of aldehydes is 1. The van der Waals surface area contributed by atoms with Gasteiger partial charge in [-0.2, -0.15) is 0 Å². The zero-order valence-corrected chi connectivity index (χ0v) is 17.7. The summed E-state index contributed by atoms with van der Waals surface area (Å²) in [5.41, 5.74) is 5.96. The van der Waals surface area contributed by atoms with Gasteiger partial charge in [0.25, 0.3) is 5.91 Å². The predicted octanol–water partition coefficient (Wildman–Crippen LogP) is 0.743. The molecule has 0 aliphatic heterocycles. The van der Waals surface area contributed by atoms with Crippen LogP contribution in [0.1, 0.15) is 53.9 Å². The molecule has 0 radical (unpaired) electrons. The van der Waals surface area contributed by atoms with E-state index < -0.39 is 30.1 Å². The number of nitrogens with zero attached hydrogens (tertiary/aromatic N) is 2. The highest BCUT2D eigenvalue weighted by Gasteiger charge is 2.34. The van der Waals surface area contributed by atoms with Crippen molar-refractivity contribution >= 4 is 24.0 Å². The quantitative estimate of drug-likeness (QED) is 0.403. The second-order valence-electron chi connectivity index (χ2n) is 7.71. The summed E-state index contributed by atoms with van der Waals surface area (Å²) >= 11 is 0. The van der Waals surface area contributed by atoms with E-state index in [9.17, 15) is 19.2 Å². The zero-order valence-electron chi connectivity index (χ0n) is 17.7. The number of carbonyl (C=O) groups is 4. The summed E-state index contributed by atoms with van der Waals surface area (Å²) < 4.78 is 0. The van der Waals surface area contributed by atoms with Gasteiger partial charge in [0.05, 0.1) is 6.04 Å². The first-order valence-corrected chi connectivity index (χ1v) is 9.51. The third-order valence-corrected chi connectivity index (χ3v) is 4.51. The van der Waals surface area contributed by atoms with E-state index in [2.05, 4.69) is 5.32 Å². The van der Waals surface area contributed by atoms with Crippen LogP contribution in [0.2, 0.25) is 0 Å². The highest BCUT2D eigenvalue weighted by atomic mass is 16.2. The van der Waals surface area contributed by atoms with Crippen LogP contribution in [0.5, 0.6) is 0 Å². The fraction of sp³-hybridized carbons (Fsp3) is 0.789. The molecule has 8 heteroatoms. The molecule has 0 aliphatic rings. The molecule has 0 aromatic carbocycles. The van der Waals surface area contributed by atoms with Crippen LogP contribution in [-0.2, 0) is 19.2 Å². The van der Waals surface area contributed by atoms with Gasteiger partial charge in [-0.1, -0.05) is 34.6 Å². The summed E-state index contributed by atoms with van der Waals surface area (Å²) in [7, 11) is 2.98. The number of hydrogen-bond donors (Lipinski definition) is 2. The van der Waals surface area contributed by atoms with Crippen LogP contribution < -0.4 is 11.1 Å². The van der Waals surface area contributed by atoms with Crippen molar-refractivity contribution in [2.24, 2.45) is 17.6 Å². The van der Waals surface area contributed by atoms with Gasteiger partial charge in [0.15, 0.2) is 6.17 Å². The van der Waals surface area contributed by atoms with Gasteiger partial charge in [-0.25, -0.2) is 0 Å². The van der Waals surface area contributed by atoms with Crippen molar-refractivity contribution in [3.05, 3.63) is 0 Å². The minimum absolute atomic E-state index is 0.0628.